The van der Waals surface area contributed by atoms with Crippen LogP contribution in [0.2, 0.25) is 0 Å². The number of nitrogens with two attached hydrogens (primary N) is 1. The lowest BCUT2D eigenvalue weighted by Gasteiger charge is -2.17. The Morgan fingerprint density at radius 1 is 1.04 bits per heavy atom. The smallest absolute Gasteiger partial charge is 0.238 e. The fourth-order valence-electron chi connectivity index (χ4n) is 2.51. The highest BCUT2D eigenvalue weighted by atomic mass is 32.2. The third kappa shape index (κ3) is 5.86. The maximum Gasteiger partial charge on any atom is 0.238 e. The van der Waals surface area contributed by atoms with Gasteiger partial charge in [0.1, 0.15) is 5.75 Å². The number of hydrogen-bond donors (Lipinski definition) is 1. The first-order chi connectivity index (χ1) is 12.3. The lowest BCUT2D eigenvalue weighted by molar-refractivity contribution is -0.130. The summed E-state index contributed by atoms with van der Waals surface area (Å²) in [6, 6.07) is 14.0. The average Bonchev–Trinajstić information content (AvgIpc) is 2.61. The molecule has 0 fully saturated rings. The monoisotopic (exact) mass is 376 g/mol. The first-order valence-electron chi connectivity index (χ1n) is 8.37. The number of carbonyl (C=O) groups excluding carboxylic acids is 1. The van der Waals surface area contributed by atoms with Crippen molar-refractivity contribution in [1.82, 2.24) is 4.90 Å². The van der Waals surface area contributed by atoms with Gasteiger partial charge in [0.05, 0.1) is 11.5 Å². The topological polar surface area (TPSA) is 89.7 Å². The van der Waals surface area contributed by atoms with Gasteiger partial charge in [-0.25, -0.2) is 13.6 Å². The Kier molecular flexibility index (Phi) is 6.76. The van der Waals surface area contributed by atoms with E-state index in [1.165, 1.54) is 12.1 Å². The van der Waals surface area contributed by atoms with Crippen molar-refractivity contribution >= 4 is 15.9 Å². The molecule has 0 heterocycles. The predicted molar refractivity (Wildman–Crippen MR) is 100 cm³/mol. The molecule has 0 aliphatic rings. The van der Waals surface area contributed by atoms with Crippen LogP contribution in [0.25, 0.3) is 0 Å². The Balaban J connectivity index is 1.86. The van der Waals surface area contributed by atoms with Crippen molar-refractivity contribution in [3.8, 4) is 5.75 Å². The third-order valence-corrected chi connectivity index (χ3v) is 4.89. The molecule has 0 spiro atoms. The third-order valence-electron chi connectivity index (χ3n) is 3.96. The molecule has 140 valence electrons. The number of primary sulfonamides is 1. The Morgan fingerprint density at radius 2 is 1.62 bits per heavy atom. The second kappa shape index (κ2) is 8.82. The molecule has 7 heteroatoms. The molecule has 0 aliphatic carbocycles. The summed E-state index contributed by atoms with van der Waals surface area (Å²) in [5.74, 6) is 0.836. The van der Waals surface area contributed by atoms with Gasteiger partial charge in [0.2, 0.25) is 15.9 Å². The van der Waals surface area contributed by atoms with Gasteiger partial charge in [-0.2, -0.15) is 0 Å². The van der Waals surface area contributed by atoms with E-state index in [1.54, 1.807) is 24.1 Å². The number of nitrogens with zero attached hydrogens (tertiary/aromatic N) is 1. The van der Waals surface area contributed by atoms with Crippen LogP contribution in [-0.4, -0.2) is 32.9 Å². The number of ether oxygens (including phenoxy) is 1. The first kappa shape index (κ1) is 19.9. The molecule has 1 amide bonds. The fourth-order valence-corrected chi connectivity index (χ4v) is 3.02. The van der Waals surface area contributed by atoms with Gasteiger partial charge in [-0.3, -0.25) is 4.79 Å². The summed E-state index contributed by atoms with van der Waals surface area (Å²) >= 11 is 0. The molecule has 26 heavy (non-hydrogen) atoms. The summed E-state index contributed by atoms with van der Waals surface area (Å²) in [6.45, 7) is 3.08. The zero-order valence-electron chi connectivity index (χ0n) is 15.0. The summed E-state index contributed by atoms with van der Waals surface area (Å²) in [5, 5.41) is 5.07. The highest BCUT2D eigenvalue weighted by Crippen LogP contribution is 2.14. The van der Waals surface area contributed by atoms with Crippen molar-refractivity contribution in [1.29, 1.82) is 0 Å². The maximum atomic E-state index is 12.3. The van der Waals surface area contributed by atoms with E-state index >= 15 is 0 Å². The van der Waals surface area contributed by atoms with Gasteiger partial charge in [-0.1, -0.05) is 24.3 Å². The van der Waals surface area contributed by atoms with Gasteiger partial charge < -0.3 is 9.64 Å². The van der Waals surface area contributed by atoms with E-state index < -0.39 is 10.0 Å². The van der Waals surface area contributed by atoms with Gasteiger partial charge in [0.15, 0.2) is 0 Å². The van der Waals surface area contributed by atoms with Crippen molar-refractivity contribution in [3.63, 3.8) is 0 Å². The Hall–Kier alpha value is -2.38. The van der Waals surface area contributed by atoms with Gasteiger partial charge in [-0.05, 0) is 48.7 Å². The van der Waals surface area contributed by atoms with E-state index in [0.717, 1.165) is 16.9 Å². The minimum absolute atomic E-state index is 0.0226. The number of benzene rings is 2. The van der Waals surface area contributed by atoms with Crippen LogP contribution in [0.4, 0.5) is 0 Å². The highest BCUT2D eigenvalue weighted by Gasteiger charge is 2.11. The fraction of sp³-hybridized carbons (Fsp3) is 0.316. The summed E-state index contributed by atoms with van der Waals surface area (Å²) < 4.78 is 27.9. The van der Waals surface area contributed by atoms with Crippen LogP contribution in [0.5, 0.6) is 5.75 Å². The van der Waals surface area contributed by atoms with Crippen LogP contribution in [0, 0.1) is 0 Å². The molecule has 0 atom stereocenters. The van der Waals surface area contributed by atoms with Crippen molar-refractivity contribution < 1.29 is 17.9 Å². The van der Waals surface area contributed by atoms with Crippen LogP contribution in [0.15, 0.2) is 53.4 Å². The number of rotatable bonds is 8. The van der Waals surface area contributed by atoms with Crippen LogP contribution >= 0.6 is 0 Å². The summed E-state index contributed by atoms with van der Waals surface area (Å²) in [6.07, 6.45) is 0.888. The molecule has 0 aliphatic heterocycles. The Labute approximate surface area is 154 Å². The molecule has 0 saturated heterocycles. The number of amides is 1. The van der Waals surface area contributed by atoms with E-state index in [4.69, 9.17) is 9.88 Å². The highest BCUT2D eigenvalue weighted by molar-refractivity contribution is 7.89. The van der Waals surface area contributed by atoms with Gasteiger partial charge >= 0.3 is 0 Å². The first-order valence-corrected chi connectivity index (χ1v) is 9.91. The lowest BCUT2D eigenvalue weighted by atomic mass is 10.1. The second-order valence-electron chi connectivity index (χ2n) is 6.02. The second-order valence-corrected chi connectivity index (χ2v) is 7.58. The molecule has 0 unspecified atom stereocenters. The van der Waals surface area contributed by atoms with E-state index in [-0.39, 0.29) is 10.8 Å². The van der Waals surface area contributed by atoms with E-state index in [0.29, 0.717) is 26.0 Å². The van der Waals surface area contributed by atoms with Crippen LogP contribution in [0.1, 0.15) is 24.5 Å². The molecular weight excluding hydrogens is 352 g/mol. The van der Waals surface area contributed by atoms with Crippen molar-refractivity contribution in [2.45, 2.75) is 31.2 Å². The lowest BCUT2D eigenvalue weighted by Crippen LogP contribution is -2.26. The number of carbonyl (C=O) groups is 1. The molecule has 2 aromatic rings. The van der Waals surface area contributed by atoms with Crippen molar-refractivity contribution in [3.05, 3.63) is 59.7 Å². The molecule has 0 aromatic heterocycles. The zero-order chi connectivity index (χ0) is 19.2. The summed E-state index contributed by atoms with van der Waals surface area (Å²) in [7, 11) is -1.92. The zero-order valence-corrected chi connectivity index (χ0v) is 15.8. The summed E-state index contributed by atoms with van der Waals surface area (Å²) in [4.78, 5) is 14.0. The Bertz CT molecular complexity index is 831. The van der Waals surface area contributed by atoms with Gasteiger partial charge in [-0.15, -0.1) is 0 Å². The van der Waals surface area contributed by atoms with Crippen LogP contribution in [0.3, 0.4) is 0 Å². The molecular formula is C19H24N2O4S. The quantitative estimate of drug-likeness (QED) is 0.766. The molecule has 0 bridgehead atoms. The molecule has 2 rings (SSSR count). The van der Waals surface area contributed by atoms with Crippen molar-refractivity contribution in [2.24, 2.45) is 5.14 Å². The number of aryl methyl sites for hydroxylation is 1. The molecule has 6 nitrogen and oxygen atoms in total. The van der Waals surface area contributed by atoms with Gasteiger partial charge in [0.25, 0.3) is 0 Å². The predicted octanol–water partition coefficient (Wildman–Crippen LogP) is 2.32. The van der Waals surface area contributed by atoms with Crippen molar-refractivity contribution in [2.75, 3.05) is 13.7 Å². The van der Waals surface area contributed by atoms with Gasteiger partial charge in [0, 0.05) is 20.0 Å². The van der Waals surface area contributed by atoms with Crippen LogP contribution < -0.4 is 9.88 Å². The number of hydrogen-bond acceptors (Lipinski definition) is 4. The number of sulfonamides is 1. The molecule has 2 N–H and O–H groups in total. The largest absolute Gasteiger partial charge is 0.494 e. The Morgan fingerprint density at radius 3 is 2.15 bits per heavy atom. The SMILES string of the molecule is CCOc1ccc(CN(C)C(=O)CCc2ccc(S(N)(=O)=O)cc2)cc1. The minimum atomic E-state index is -3.69. The maximum absolute atomic E-state index is 12.3. The molecule has 0 saturated carbocycles. The van der Waals surface area contributed by atoms with E-state index in [2.05, 4.69) is 0 Å². The van der Waals surface area contributed by atoms with Crippen LogP contribution in [-0.2, 0) is 27.8 Å². The normalized spacial score (nSPS) is 11.2. The van der Waals surface area contributed by atoms with E-state index in [1.807, 2.05) is 31.2 Å². The molecule has 2 aromatic carbocycles. The average molecular weight is 376 g/mol. The van der Waals surface area contributed by atoms with E-state index in [9.17, 15) is 13.2 Å². The standard InChI is InChI=1S/C19H24N2O4S/c1-3-25-17-9-4-16(5-10-17)14-21(2)19(22)13-8-15-6-11-18(12-7-15)26(20,23)24/h4-7,9-12H,3,8,13-14H2,1-2H3,(H2,20,23,24). The molecule has 0 radical (unpaired) electrons. The summed E-state index contributed by atoms with van der Waals surface area (Å²) in [5.41, 5.74) is 1.92. The minimum Gasteiger partial charge on any atom is -0.494 e.